The SMILES string of the molecule is COc1ccc(OC)c(CC(=O)Nc2ccc(OC)c(F)c2)c1. The number of carbonyl (C=O) groups is 1. The zero-order chi connectivity index (χ0) is 16.8. The van der Waals surface area contributed by atoms with E-state index in [0.29, 0.717) is 22.7 Å². The number of halogens is 1. The van der Waals surface area contributed by atoms with Crippen molar-refractivity contribution in [2.24, 2.45) is 0 Å². The second-order valence-corrected chi connectivity index (χ2v) is 4.75. The van der Waals surface area contributed by atoms with Crippen LogP contribution >= 0.6 is 0 Å². The summed E-state index contributed by atoms with van der Waals surface area (Å²) >= 11 is 0. The van der Waals surface area contributed by atoms with Gasteiger partial charge in [0.1, 0.15) is 11.5 Å². The Bertz CT molecular complexity index is 703. The molecule has 0 aliphatic heterocycles. The van der Waals surface area contributed by atoms with Gasteiger partial charge in [-0.3, -0.25) is 4.79 Å². The van der Waals surface area contributed by atoms with Crippen LogP contribution in [-0.4, -0.2) is 27.2 Å². The van der Waals surface area contributed by atoms with Gasteiger partial charge in [-0.05, 0) is 30.3 Å². The molecular weight excluding hydrogens is 301 g/mol. The van der Waals surface area contributed by atoms with Crippen molar-refractivity contribution in [3.63, 3.8) is 0 Å². The number of carbonyl (C=O) groups excluding carboxylic acids is 1. The fourth-order valence-corrected chi connectivity index (χ4v) is 2.14. The number of anilines is 1. The van der Waals surface area contributed by atoms with Gasteiger partial charge >= 0.3 is 0 Å². The molecule has 0 aliphatic rings. The Labute approximate surface area is 134 Å². The lowest BCUT2D eigenvalue weighted by atomic mass is 10.1. The second kappa shape index (κ2) is 7.49. The topological polar surface area (TPSA) is 56.8 Å². The van der Waals surface area contributed by atoms with E-state index < -0.39 is 5.82 Å². The maximum absolute atomic E-state index is 13.6. The molecule has 0 spiro atoms. The van der Waals surface area contributed by atoms with Gasteiger partial charge in [-0.25, -0.2) is 4.39 Å². The van der Waals surface area contributed by atoms with Crippen LogP contribution in [0.25, 0.3) is 0 Å². The molecule has 6 heteroatoms. The molecule has 0 radical (unpaired) electrons. The monoisotopic (exact) mass is 319 g/mol. The molecular formula is C17H18FNO4. The summed E-state index contributed by atoms with van der Waals surface area (Å²) in [5.74, 6) is 0.508. The standard InChI is InChI=1S/C17H18FNO4/c1-21-13-5-7-15(22-2)11(8-13)9-17(20)19-12-4-6-16(23-3)14(18)10-12/h4-8,10H,9H2,1-3H3,(H,19,20). The summed E-state index contributed by atoms with van der Waals surface area (Å²) in [5.41, 5.74) is 1.04. The van der Waals surface area contributed by atoms with Crippen molar-refractivity contribution < 1.29 is 23.4 Å². The maximum Gasteiger partial charge on any atom is 0.228 e. The normalized spacial score (nSPS) is 10.1. The van der Waals surface area contributed by atoms with E-state index in [9.17, 15) is 9.18 Å². The van der Waals surface area contributed by atoms with Crippen molar-refractivity contribution in [3.8, 4) is 17.2 Å². The number of ether oxygens (including phenoxy) is 3. The molecule has 0 aromatic heterocycles. The van der Waals surface area contributed by atoms with Crippen LogP contribution in [0.1, 0.15) is 5.56 Å². The lowest BCUT2D eigenvalue weighted by molar-refractivity contribution is -0.115. The van der Waals surface area contributed by atoms with E-state index in [-0.39, 0.29) is 18.1 Å². The summed E-state index contributed by atoms with van der Waals surface area (Å²) in [6.45, 7) is 0. The van der Waals surface area contributed by atoms with Crippen molar-refractivity contribution in [1.29, 1.82) is 0 Å². The van der Waals surface area contributed by atoms with E-state index in [1.165, 1.54) is 26.4 Å². The first-order valence-corrected chi connectivity index (χ1v) is 6.91. The van der Waals surface area contributed by atoms with E-state index >= 15 is 0 Å². The zero-order valence-electron chi connectivity index (χ0n) is 13.2. The number of nitrogens with one attached hydrogen (secondary N) is 1. The Balaban J connectivity index is 2.11. The molecule has 2 rings (SSSR count). The first-order valence-electron chi connectivity index (χ1n) is 6.91. The largest absolute Gasteiger partial charge is 0.497 e. The van der Waals surface area contributed by atoms with Gasteiger partial charge in [-0.15, -0.1) is 0 Å². The van der Waals surface area contributed by atoms with E-state index in [2.05, 4.69) is 5.32 Å². The van der Waals surface area contributed by atoms with Gasteiger partial charge in [0, 0.05) is 17.3 Å². The second-order valence-electron chi connectivity index (χ2n) is 4.75. The van der Waals surface area contributed by atoms with E-state index in [0.717, 1.165) is 0 Å². The number of hydrogen-bond acceptors (Lipinski definition) is 4. The summed E-state index contributed by atoms with van der Waals surface area (Å²) in [6.07, 6.45) is 0.0774. The van der Waals surface area contributed by atoms with E-state index in [1.807, 2.05) is 0 Å². The van der Waals surface area contributed by atoms with Crippen LogP contribution in [0, 0.1) is 5.82 Å². The van der Waals surface area contributed by atoms with Gasteiger partial charge in [0.2, 0.25) is 5.91 Å². The molecule has 23 heavy (non-hydrogen) atoms. The molecule has 0 atom stereocenters. The molecule has 2 aromatic rings. The van der Waals surface area contributed by atoms with Crippen LogP contribution in [0.3, 0.4) is 0 Å². The molecule has 0 saturated carbocycles. The number of amides is 1. The van der Waals surface area contributed by atoms with Crippen molar-refractivity contribution in [2.45, 2.75) is 6.42 Å². The molecule has 1 amide bonds. The van der Waals surface area contributed by atoms with Gasteiger partial charge < -0.3 is 19.5 Å². The van der Waals surface area contributed by atoms with E-state index in [1.54, 1.807) is 31.4 Å². The molecule has 0 aliphatic carbocycles. The van der Waals surface area contributed by atoms with E-state index in [4.69, 9.17) is 14.2 Å². The highest BCUT2D eigenvalue weighted by Crippen LogP contribution is 2.25. The quantitative estimate of drug-likeness (QED) is 0.889. The Kier molecular flexibility index (Phi) is 5.41. The summed E-state index contributed by atoms with van der Waals surface area (Å²) in [5, 5.41) is 2.64. The molecule has 1 N–H and O–H groups in total. The number of rotatable bonds is 6. The minimum absolute atomic E-state index is 0.0774. The Morgan fingerprint density at radius 1 is 1.00 bits per heavy atom. The molecule has 2 aromatic carbocycles. The smallest absolute Gasteiger partial charge is 0.228 e. The average Bonchev–Trinajstić information content (AvgIpc) is 2.54. The van der Waals surface area contributed by atoms with Crippen LogP contribution in [0.15, 0.2) is 36.4 Å². The molecule has 0 unspecified atom stereocenters. The molecule has 0 heterocycles. The number of methoxy groups -OCH3 is 3. The first-order chi connectivity index (χ1) is 11.1. The average molecular weight is 319 g/mol. The fraction of sp³-hybridized carbons (Fsp3) is 0.235. The van der Waals surface area contributed by atoms with Crippen LogP contribution in [0.2, 0.25) is 0 Å². The van der Waals surface area contributed by atoms with Gasteiger partial charge in [0.05, 0.1) is 27.8 Å². The predicted molar refractivity (Wildman–Crippen MR) is 84.8 cm³/mol. The highest BCUT2D eigenvalue weighted by atomic mass is 19.1. The summed E-state index contributed by atoms with van der Waals surface area (Å²) in [4.78, 5) is 12.2. The Morgan fingerprint density at radius 3 is 2.30 bits per heavy atom. The van der Waals surface area contributed by atoms with Crippen LogP contribution < -0.4 is 19.5 Å². The third-order valence-electron chi connectivity index (χ3n) is 3.27. The summed E-state index contributed by atoms with van der Waals surface area (Å²) in [7, 11) is 4.46. The summed E-state index contributed by atoms with van der Waals surface area (Å²) < 4.78 is 28.8. The Hall–Kier alpha value is -2.76. The molecule has 5 nitrogen and oxygen atoms in total. The number of benzene rings is 2. The van der Waals surface area contributed by atoms with Crippen LogP contribution in [0.4, 0.5) is 10.1 Å². The molecule has 0 saturated heterocycles. The predicted octanol–water partition coefficient (Wildman–Crippen LogP) is 3.03. The maximum atomic E-state index is 13.6. The first kappa shape index (κ1) is 16.6. The highest BCUT2D eigenvalue weighted by molar-refractivity contribution is 5.92. The van der Waals surface area contributed by atoms with Crippen LogP contribution in [0.5, 0.6) is 17.2 Å². The molecule has 0 bridgehead atoms. The zero-order valence-corrected chi connectivity index (χ0v) is 13.2. The van der Waals surface area contributed by atoms with Crippen LogP contribution in [-0.2, 0) is 11.2 Å². The molecule has 122 valence electrons. The van der Waals surface area contributed by atoms with Gasteiger partial charge in [0.15, 0.2) is 11.6 Å². The van der Waals surface area contributed by atoms with Crippen molar-refractivity contribution in [2.75, 3.05) is 26.6 Å². The fourth-order valence-electron chi connectivity index (χ4n) is 2.14. The lowest BCUT2D eigenvalue weighted by Gasteiger charge is -2.11. The van der Waals surface area contributed by atoms with Crippen molar-refractivity contribution in [1.82, 2.24) is 0 Å². The Morgan fingerprint density at radius 2 is 1.70 bits per heavy atom. The molecule has 0 fully saturated rings. The van der Waals surface area contributed by atoms with Crippen molar-refractivity contribution in [3.05, 3.63) is 47.8 Å². The minimum atomic E-state index is -0.538. The highest BCUT2D eigenvalue weighted by Gasteiger charge is 2.12. The minimum Gasteiger partial charge on any atom is -0.497 e. The summed E-state index contributed by atoms with van der Waals surface area (Å²) in [6, 6.07) is 9.44. The van der Waals surface area contributed by atoms with Gasteiger partial charge in [-0.1, -0.05) is 0 Å². The third-order valence-corrected chi connectivity index (χ3v) is 3.27. The van der Waals surface area contributed by atoms with Gasteiger partial charge in [-0.2, -0.15) is 0 Å². The lowest BCUT2D eigenvalue weighted by Crippen LogP contribution is -2.15. The van der Waals surface area contributed by atoms with Crippen molar-refractivity contribution >= 4 is 11.6 Å². The third kappa shape index (κ3) is 4.12. The van der Waals surface area contributed by atoms with Gasteiger partial charge in [0.25, 0.3) is 0 Å². The number of hydrogen-bond donors (Lipinski definition) is 1.